The molecule has 24 heavy (non-hydrogen) atoms. The third-order valence-corrected chi connectivity index (χ3v) is 6.18. The second kappa shape index (κ2) is 9.00. The number of carbonyl (C=O) groups is 1. The van der Waals surface area contributed by atoms with Gasteiger partial charge in [-0.25, -0.2) is 13.2 Å². The Bertz CT molecular complexity index is 681. The van der Waals surface area contributed by atoms with E-state index in [9.17, 15) is 13.2 Å². The Morgan fingerprint density at radius 1 is 1.29 bits per heavy atom. The van der Waals surface area contributed by atoms with Gasteiger partial charge >= 0.3 is 6.03 Å². The minimum atomic E-state index is -3.37. The largest absolute Gasteiger partial charge is 0.379 e. The molecule has 0 saturated carbocycles. The number of hydrogen-bond acceptors (Lipinski definition) is 4. The molecule has 1 aliphatic heterocycles. The molecule has 1 heterocycles. The van der Waals surface area contributed by atoms with Crippen molar-refractivity contribution in [1.82, 2.24) is 14.9 Å². The summed E-state index contributed by atoms with van der Waals surface area (Å²) in [4.78, 5) is 11.8. The molecule has 0 aliphatic carbocycles. The van der Waals surface area contributed by atoms with Gasteiger partial charge in [-0.15, -0.1) is 0 Å². The second-order valence-electron chi connectivity index (χ2n) is 5.17. The molecule has 0 unspecified atom stereocenters. The summed E-state index contributed by atoms with van der Waals surface area (Å²) in [5.74, 6) is -0.139. The lowest BCUT2D eigenvalue weighted by Gasteiger charge is -2.26. The Morgan fingerprint density at radius 3 is 2.67 bits per heavy atom. The van der Waals surface area contributed by atoms with Crippen LogP contribution < -0.4 is 10.6 Å². The van der Waals surface area contributed by atoms with Crippen LogP contribution in [0.1, 0.15) is 5.56 Å². The highest BCUT2D eigenvalue weighted by Crippen LogP contribution is 2.21. The van der Waals surface area contributed by atoms with Gasteiger partial charge in [-0.1, -0.05) is 33.6 Å². The molecule has 2 N–H and O–H groups in total. The second-order valence-corrected chi connectivity index (χ2v) is 8.58. The zero-order valence-electron chi connectivity index (χ0n) is 12.9. The molecule has 7 nitrogen and oxygen atoms in total. The molecule has 1 fully saturated rings. The molecular weight excluding hydrogens is 422 g/mol. The number of amides is 2. The van der Waals surface area contributed by atoms with E-state index in [-0.39, 0.29) is 18.8 Å². The van der Waals surface area contributed by atoms with Gasteiger partial charge in [-0.2, -0.15) is 4.31 Å². The highest BCUT2D eigenvalue weighted by atomic mass is 79.9. The molecule has 1 saturated heterocycles. The number of nitrogens with one attached hydrogen (secondary N) is 2. The quantitative estimate of drug-likeness (QED) is 0.703. The SMILES string of the molecule is O=C(NCCS(=O)(=O)N1CCOCC1)NCc1ccc(Br)cc1Cl. The van der Waals surface area contributed by atoms with Crippen LogP contribution >= 0.6 is 27.5 Å². The lowest BCUT2D eigenvalue weighted by molar-refractivity contribution is 0.0730. The van der Waals surface area contributed by atoms with Crippen LogP contribution in [0.25, 0.3) is 0 Å². The molecule has 0 atom stereocenters. The van der Waals surface area contributed by atoms with Crippen molar-refractivity contribution in [2.24, 2.45) is 0 Å². The lowest BCUT2D eigenvalue weighted by atomic mass is 10.2. The van der Waals surface area contributed by atoms with Gasteiger partial charge in [0.15, 0.2) is 0 Å². The normalized spacial score (nSPS) is 15.9. The van der Waals surface area contributed by atoms with Crippen LogP contribution in [0.15, 0.2) is 22.7 Å². The Labute approximate surface area is 154 Å². The summed E-state index contributed by atoms with van der Waals surface area (Å²) in [6.45, 7) is 1.82. The number of carbonyl (C=O) groups excluding carboxylic acids is 1. The summed E-state index contributed by atoms with van der Waals surface area (Å²) in [6.07, 6.45) is 0. The molecule has 1 aromatic rings. The predicted octanol–water partition coefficient (Wildman–Crippen LogP) is 1.56. The van der Waals surface area contributed by atoms with Gasteiger partial charge in [0.05, 0.1) is 19.0 Å². The van der Waals surface area contributed by atoms with E-state index < -0.39 is 16.1 Å². The molecule has 0 bridgehead atoms. The van der Waals surface area contributed by atoms with Crippen molar-refractivity contribution in [1.29, 1.82) is 0 Å². The topological polar surface area (TPSA) is 87.7 Å². The van der Waals surface area contributed by atoms with Crippen molar-refractivity contribution in [2.75, 3.05) is 38.6 Å². The van der Waals surface area contributed by atoms with E-state index >= 15 is 0 Å². The lowest BCUT2D eigenvalue weighted by Crippen LogP contribution is -2.44. The monoisotopic (exact) mass is 439 g/mol. The number of morpholine rings is 1. The van der Waals surface area contributed by atoms with Gasteiger partial charge in [-0.3, -0.25) is 0 Å². The van der Waals surface area contributed by atoms with E-state index in [4.69, 9.17) is 16.3 Å². The third-order valence-electron chi connectivity index (χ3n) is 3.46. The summed E-state index contributed by atoms with van der Waals surface area (Å²) < 4.78 is 31.6. The number of nitrogens with zero attached hydrogens (tertiary/aromatic N) is 1. The number of rotatable bonds is 6. The van der Waals surface area contributed by atoms with E-state index in [0.717, 1.165) is 10.0 Å². The first-order valence-corrected chi connectivity index (χ1v) is 10.2. The Balaban J connectivity index is 1.73. The van der Waals surface area contributed by atoms with E-state index in [0.29, 0.717) is 31.3 Å². The van der Waals surface area contributed by atoms with Gasteiger partial charge in [0, 0.05) is 35.7 Å². The Hall–Kier alpha value is -0.870. The first-order chi connectivity index (χ1) is 11.4. The number of sulfonamides is 1. The van der Waals surface area contributed by atoms with Gasteiger partial charge in [0.1, 0.15) is 0 Å². The minimum Gasteiger partial charge on any atom is -0.379 e. The summed E-state index contributed by atoms with van der Waals surface area (Å²) in [6, 6.07) is 4.93. The van der Waals surface area contributed by atoms with Crippen LogP contribution in [0.4, 0.5) is 4.79 Å². The zero-order valence-corrected chi connectivity index (χ0v) is 16.1. The highest BCUT2D eigenvalue weighted by Gasteiger charge is 2.23. The Kier molecular flexibility index (Phi) is 7.30. The molecule has 1 aliphatic rings. The van der Waals surface area contributed by atoms with E-state index in [2.05, 4.69) is 26.6 Å². The van der Waals surface area contributed by atoms with E-state index in [1.54, 1.807) is 12.1 Å². The zero-order chi connectivity index (χ0) is 17.6. The van der Waals surface area contributed by atoms with Gasteiger partial charge in [0.25, 0.3) is 0 Å². The first kappa shape index (κ1) is 19.5. The van der Waals surface area contributed by atoms with Crippen molar-refractivity contribution >= 4 is 43.6 Å². The van der Waals surface area contributed by atoms with Crippen molar-refractivity contribution < 1.29 is 17.9 Å². The fourth-order valence-corrected chi connectivity index (χ4v) is 4.21. The van der Waals surface area contributed by atoms with Crippen molar-refractivity contribution in [3.8, 4) is 0 Å². The maximum absolute atomic E-state index is 12.1. The highest BCUT2D eigenvalue weighted by molar-refractivity contribution is 9.10. The van der Waals surface area contributed by atoms with Crippen molar-refractivity contribution in [2.45, 2.75) is 6.54 Å². The molecule has 0 aromatic heterocycles. The fraction of sp³-hybridized carbons (Fsp3) is 0.500. The van der Waals surface area contributed by atoms with Gasteiger partial charge in [-0.05, 0) is 17.7 Å². The average molecular weight is 441 g/mol. The molecule has 134 valence electrons. The van der Waals surface area contributed by atoms with Crippen molar-refractivity contribution in [3.63, 3.8) is 0 Å². The predicted molar refractivity (Wildman–Crippen MR) is 95.6 cm³/mol. The summed E-state index contributed by atoms with van der Waals surface area (Å²) >= 11 is 9.38. The van der Waals surface area contributed by atoms with E-state index in [1.807, 2.05) is 6.07 Å². The number of halogens is 2. The first-order valence-electron chi connectivity index (χ1n) is 7.40. The van der Waals surface area contributed by atoms with Crippen LogP contribution in [0.5, 0.6) is 0 Å². The van der Waals surface area contributed by atoms with Gasteiger partial charge in [0.2, 0.25) is 10.0 Å². The standard InChI is InChI=1S/C14H19BrClN3O4S/c15-12-2-1-11(13(16)9-12)10-18-14(20)17-3-8-24(21,22)19-4-6-23-7-5-19/h1-2,9H,3-8,10H2,(H2,17,18,20). The maximum Gasteiger partial charge on any atom is 0.315 e. The molecule has 0 radical (unpaired) electrons. The van der Waals surface area contributed by atoms with Crippen LogP contribution in [0.3, 0.4) is 0 Å². The molecule has 1 aromatic carbocycles. The van der Waals surface area contributed by atoms with Crippen LogP contribution in [0.2, 0.25) is 5.02 Å². The molecule has 10 heteroatoms. The minimum absolute atomic E-state index is 0.0413. The van der Waals surface area contributed by atoms with Crippen molar-refractivity contribution in [3.05, 3.63) is 33.3 Å². The summed E-state index contributed by atoms with van der Waals surface area (Å²) in [7, 11) is -3.37. The smallest absolute Gasteiger partial charge is 0.315 e. The van der Waals surface area contributed by atoms with E-state index in [1.165, 1.54) is 4.31 Å². The maximum atomic E-state index is 12.1. The van der Waals surface area contributed by atoms with Crippen LogP contribution in [-0.4, -0.2) is 57.4 Å². The summed E-state index contributed by atoms with van der Waals surface area (Å²) in [5, 5.41) is 5.73. The van der Waals surface area contributed by atoms with Crippen LogP contribution in [0, 0.1) is 0 Å². The number of hydrogen-bond donors (Lipinski definition) is 2. The third kappa shape index (κ3) is 5.89. The molecule has 0 spiro atoms. The number of ether oxygens (including phenoxy) is 1. The molecule has 2 amide bonds. The average Bonchev–Trinajstić information content (AvgIpc) is 2.55. The molecular formula is C14H19BrClN3O4S. The van der Waals surface area contributed by atoms with Gasteiger partial charge < -0.3 is 15.4 Å². The number of benzene rings is 1. The van der Waals surface area contributed by atoms with Crippen LogP contribution in [-0.2, 0) is 21.3 Å². The fourth-order valence-electron chi connectivity index (χ4n) is 2.15. The Morgan fingerprint density at radius 2 is 2.00 bits per heavy atom. The number of urea groups is 1. The molecule has 2 rings (SSSR count). The summed E-state index contributed by atoms with van der Waals surface area (Å²) in [5.41, 5.74) is 0.774.